The summed E-state index contributed by atoms with van der Waals surface area (Å²) in [5.41, 5.74) is 3.39. The molecule has 0 aliphatic carbocycles. The van der Waals surface area contributed by atoms with Gasteiger partial charge in [-0.15, -0.1) is 0 Å². The van der Waals surface area contributed by atoms with E-state index in [0.717, 1.165) is 40.8 Å². The van der Waals surface area contributed by atoms with E-state index >= 15 is 0 Å². The second-order valence-corrected chi connectivity index (χ2v) is 12.8. The Hall–Kier alpha value is -1.65. The number of benzene rings is 2. The molecule has 232 valence electrons. The van der Waals surface area contributed by atoms with Crippen LogP contribution in [-0.2, 0) is 0 Å². The molecule has 1 aromatic heterocycles. The average molecular weight is 614 g/mol. The van der Waals surface area contributed by atoms with Crippen molar-refractivity contribution < 1.29 is 5.11 Å². The lowest BCUT2D eigenvalue weighted by Gasteiger charge is -2.26. The largest absolute Gasteiger partial charge is 0.387 e. The average Bonchev–Trinajstić information content (AvgIpc) is 2.99. The maximum atomic E-state index is 11.7. The normalized spacial score (nSPS) is 12.4. The van der Waals surface area contributed by atoms with Crippen molar-refractivity contribution in [1.29, 1.82) is 0 Å². The molecule has 0 fully saturated rings. The number of nitrogens with zero attached hydrogens (tertiary/aromatic N) is 2. The van der Waals surface area contributed by atoms with Crippen LogP contribution < -0.4 is 0 Å². The van der Waals surface area contributed by atoms with Crippen LogP contribution in [0.5, 0.6) is 0 Å². The van der Waals surface area contributed by atoms with Gasteiger partial charge in [-0.05, 0) is 55.8 Å². The van der Waals surface area contributed by atoms with Crippen LogP contribution in [0.2, 0.25) is 10.0 Å². The van der Waals surface area contributed by atoms with E-state index in [1.54, 1.807) is 0 Å². The van der Waals surface area contributed by atoms with Crippen LogP contribution in [0.4, 0.5) is 0 Å². The summed E-state index contributed by atoms with van der Waals surface area (Å²) in [5, 5.41) is 13.9. The number of unbranched alkanes of at least 4 members (excludes halogenated alkanes) is 14. The number of aliphatic hydroxyl groups excluding tert-OH is 1. The molecule has 0 radical (unpaired) electrons. The van der Waals surface area contributed by atoms with Gasteiger partial charge in [0.15, 0.2) is 0 Å². The number of hydrogen-bond donors (Lipinski definition) is 1. The van der Waals surface area contributed by atoms with Gasteiger partial charge in [0.2, 0.25) is 0 Å². The zero-order chi connectivity index (χ0) is 30.0. The van der Waals surface area contributed by atoms with Gasteiger partial charge >= 0.3 is 0 Å². The number of fused-ring (bicyclic) bond motifs is 1. The number of rotatable bonds is 22. The summed E-state index contributed by atoms with van der Waals surface area (Å²) in [6.07, 6.45) is 20.4. The molecule has 1 atom stereocenters. The topological polar surface area (TPSA) is 36.4 Å². The molecule has 1 N–H and O–H groups in total. The standard InChI is InChI=1S/C37H54Cl2N2O/c1-3-5-7-9-11-13-15-17-26-41(27-18-16-14-12-10-8-6-4-2)29-36(42)33-28-35(30-22-24-31(38)25-23-30)40-37-32(33)20-19-21-34(37)39/h19-25,28,36,42H,3-18,26-27,29H2,1-2H3. The van der Waals surface area contributed by atoms with Crippen LogP contribution in [-0.4, -0.2) is 34.6 Å². The van der Waals surface area contributed by atoms with E-state index in [1.165, 1.54) is 103 Å². The Morgan fingerprint density at radius 1 is 0.690 bits per heavy atom. The number of para-hydroxylation sites is 1. The first kappa shape index (κ1) is 34.8. The highest BCUT2D eigenvalue weighted by Gasteiger charge is 2.19. The third-order valence-corrected chi connectivity index (χ3v) is 8.97. The molecule has 0 amide bonds. The second kappa shape index (κ2) is 20.3. The van der Waals surface area contributed by atoms with Gasteiger partial charge in [0.05, 0.1) is 22.3 Å². The lowest BCUT2D eigenvalue weighted by molar-refractivity contribution is 0.111. The minimum absolute atomic E-state index is 0.603. The quantitative estimate of drug-likeness (QED) is 0.115. The molecule has 0 spiro atoms. The van der Waals surface area contributed by atoms with Crippen molar-refractivity contribution in [2.75, 3.05) is 19.6 Å². The molecule has 0 aliphatic heterocycles. The van der Waals surface area contributed by atoms with Gasteiger partial charge in [-0.3, -0.25) is 0 Å². The summed E-state index contributed by atoms with van der Waals surface area (Å²) in [6, 6.07) is 15.6. The fourth-order valence-corrected chi connectivity index (χ4v) is 6.20. The molecule has 3 aromatic rings. The highest BCUT2D eigenvalue weighted by atomic mass is 35.5. The van der Waals surface area contributed by atoms with Crippen LogP contribution in [0.3, 0.4) is 0 Å². The fraction of sp³-hybridized carbons (Fsp3) is 0.595. The van der Waals surface area contributed by atoms with E-state index in [0.29, 0.717) is 16.6 Å². The SMILES string of the molecule is CCCCCCCCCCN(CCCCCCCCCC)CC(O)c1cc(-c2ccc(Cl)cc2)nc2c(Cl)cccc12. The molecule has 0 bridgehead atoms. The van der Waals surface area contributed by atoms with E-state index in [2.05, 4.69) is 18.7 Å². The minimum atomic E-state index is -0.622. The molecule has 5 heteroatoms. The Balaban J connectivity index is 1.68. The first-order valence-electron chi connectivity index (χ1n) is 16.8. The number of hydrogen-bond acceptors (Lipinski definition) is 3. The molecule has 0 saturated carbocycles. The summed E-state index contributed by atoms with van der Waals surface area (Å²) in [7, 11) is 0. The van der Waals surface area contributed by atoms with Crippen molar-refractivity contribution in [2.45, 2.75) is 123 Å². The summed E-state index contributed by atoms with van der Waals surface area (Å²) in [4.78, 5) is 7.39. The highest BCUT2D eigenvalue weighted by Crippen LogP contribution is 2.33. The van der Waals surface area contributed by atoms with Crippen LogP contribution in [0.1, 0.15) is 128 Å². The predicted molar refractivity (Wildman–Crippen MR) is 184 cm³/mol. The molecule has 1 unspecified atom stereocenters. The smallest absolute Gasteiger partial charge is 0.0924 e. The van der Waals surface area contributed by atoms with Gasteiger partial charge in [-0.1, -0.05) is 151 Å². The summed E-state index contributed by atoms with van der Waals surface area (Å²) in [6.45, 7) is 7.25. The molecular weight excluding hydrogens is 559 g/mol. The fourth-order valence-electron chi connectivity index (χ4n) is 5.86. The Morgan fingerprint density at radius 3 is 1.76 bits per heavy atom. The Labute approximate surface area is 266 Å². The Morgan fingerprint density at radius 2 is 1.21 bits per heavy atom. The van der Waals surface area contributed by atoms with E-state index in [-0.39, 0.29) is 0 Å². The molecule has 3 rings (SSSR count). The monoisotopic (exact) mass is 612 g/mol. The first-order chi connectivity index (χ1) is 20.5. The van der Waals surface area contributed by atoms with Gasteiger partial charge in [0, 0.05) is 22.5 Å². The highest BCUT2D eigenvalue weighted by molar-refractivity contribution is 6.35. The lowest BCUT2D eigenvalue weighted by Crippen LogP contribution is -2.31. The predicted octanol–water partition coefficient (Wildman–Crippen LogP) is 11.8. The van der Waals surface area contributed by atoms with Crippen molar-refractivity contribution >= 4 is 34.1 Å². The maximum absolute atomic E-state index is 11.7. The molecule has 1 heterocycles. The van der Waals surface area contributed by atoms with E-state index in [1.807, 2.05) is 48.5 Å². The van der Waals surface area contributed by atoms with Crippen LogP contribution in [0.25, 0.3) is 22.2 Å². The van der Waals surface area contributed by atoms with Gasteiger partial charge in [0.25, 0.3) is 0 Å². The zero-order valence-electron chi connectivity index (χ0n) is 26.2. The van der Waals surface area contributed by atoms with Crippen LogP contribution in [0, 0.1) is 0 Å². The third kappa shape index (κ3) is 12.2. The molecular formula is C37H54Cl2N2O. The zero-order valence-corrected chi connectivity index (χ0v) is 27.7. The number of aliphatic hydroxyl groups is 1. The van der Waals surface area contributed by atoms with Gasteiger partial charge in [0.1, 0.15) is 0 Å². The van der Waals surface area contributed by atoms with Crippen molar-refractivity contribution in [1.82, 2.24) is 9.88 Å². The Kier molecular flexibility index (Phi) is 16.9. The second-order valence-electron chi connectivity index (χ2n) is 12.0. The summed E-state index contributed by atoms with van der Waals surface area (Å²) >= 11 is 12.8. The number of pyridine rings is 1. The van der Waals surface area contributed by atoms with Gasteiger partial charge in [-0.25, -0.2) is 4.98 Å². The van der Waals surface area contributed by atoms with Crippen molar-refractivity contribution in [3.05, 3.63) is 64.1 Å². The number of aromatic nitrogens is 1. The summed E-state index contributed by atoms with van der Waals surface area (Å²) < 4.78 is 0. The van der Waals surface area contributed by atoms with Crippen LogP contribution in [0.15, 0.2) is 48.5 Å². The van der Waals surface area contributed by atoms with Gasteiger partial charge < -0.3 is 10.0 Å². The molecule has 2 aromatic carbocycles. The first-order valence-corrected chi connectivity index (χ1v) is 17.5. The number of halogens is 2. The van der Waals surface area contributed by atoms with Crippen LogP contribution >= 0.6 is 23.2 Å². The maximum Gasteiger partial charge on any atom is 0.0924 e. The molecule has 3 nitrogen and oxygen atoms in total. The third-order valence-electron chi connectivity index (χ3n) is 8.41. The Bertz CT molecular complexity index is 1130. The molecule has 0 saturated heterocycles. The van der Waals surface area contributed by atoms with E-state index < -0.39 is 6.10 Å². The van der Waals surface area contributed by atoms with E-state index in [4.69, 9.17) is 28.2 Å². The van der Waals surface area contributed by atoms with Gasteiger partial charge in [-0.2, -0.15) is 0 Å². The lowest BCUT2D eigenvalue weighted by atomic mass is 9.99. The van der Waals surface area contributed by atoms with Crippen molar-refractivity contribution in [3.63, 3.8) is 0 Å². The molecule has 42 heavy (non-hydrogen) atoms. The van der Waals surface area contributed by atoms with E-state index in [9.17, 15) is 5.11 Å². The van der Waals surface area contributed by atoms with Crippen molar-refractivity contribution in [2.24, 2.45) is 0 Å². The summed E-state index contributed by atoms with van der Waals surface area (Å²) in [5.74, 6) is 0. The minimum Gasteiger partial charge on any atom is -0.387 e. The molecule has 0 aliphatic rings. The van der Waals surface area contributed by atoms with Crippen molar-refractivity contribution in [3.8, 4) is 11.3 Å².